The van der Waals surface area contributed by atoms with Crippen LogP contribution in [0.15, 0.2) is 60.7 Å². The molecule has 0 saturated carbocycles. The van der Waals surface area contributed by atoms with Crippen molar-refractivity contribution in [1.29, 1.82) is 0 Å². The Labute approximate surface area is 149 Å². The van der Waals surface area contributed by atoms with E-state index < -0.39 is 0 Å². The van der Waals surface area contributed by atoms with Gasteiger partial charge in [0.1, 0.15) is 0 Å². The van der Waals surface area contributed by atoms with E-state index in [1.807, 2.05) is 18.2 Å². The summed E-state index contributed by atoms with van der Waals surface area (Å²) in [6, 6.07) is 17.3. The molecule has 3 N–H and O–H groups in total. The molecule has 4 rings (SSSR count). The second kappa shape index (κ2) is 5.76. The van der Waals surface area contributed by atoms with Crippen LogP contribution in [-0.2, 0) is 0 Å². The van der Waals surface area contributed by atoms with E-state index in [2.05, 4.69) is 5.32 Å². The van der Waals surface area contributed by atoms with E-state index in [1.165, 1.54) is 0 Å². The lowest BCUT2D eigenvalue weighted by Crippen LogP contribution is -2.14. The quantitative estimate of drug-likeness (QED) is 0.528. The summed E-state index contributed by atoms with van der Waals surface area (Å²) in [6.45, 7) is 0. The van der Waals surface area contributed by atoms with Gasteiger partial charge in [-0.25, -0.2) is 0 Å². The number of nitrogens with one attached hydrogen (secondary N) is 1. The van der Waals surface area contributed by atoms with Gasteiger partial charge in [-0.15, -0.1) is 0 Å². The van der Waals surface area contributed by atoms with Crippen LogP contribution in [0, 0.1) is 0 Å². The van der Waals surface area contributed by atoms with E-state index in [-0.39, 0.29) is 11.7 Å². The number of carbonyl (C=O) groups is 2. The monoisotopic (exact) mass is 348 g/mol. The third-order valence-electron chi connectivity index (χ3n) is 4.26. The summed E-state index contributed by atoms with van der Waals surface area (Å²) in [5.74, 6) is -0.387. The van der Waals surface area contributed by atoms with Gasteiger partial charge in [-0.1, -0.05) is 48.0 Å². The maximum absolute atomic E-state index is 12.8. The fourth-order valence-corrected chi connectivity index (χ4v) is 3.28. The third kappa shape index (κ3) is 2.47. The highest BCUT2D eigenvalue weighted by Crippen LogP contribution is 2.39. The summed E-state index contributed by atoms with van der Waals surface area (Å²) in [4.78, 5) is 25.4. The molecule has 0 radical (unpaired) electrons. The van der Waals surface area contributed by atoms with Gasteiger partial charge in [-0.2, -0.15) is 0 Å². The minimum absolute atomic E-state index is 0.0637. The zero-order valence-corrected chi connectivity index (χ0v) is 13.8. The number of amides is 1. The van der Waals surface area contributed by atoms with Crippen LogP contribution in [-0.4, -0.2) is 11.7 Å². The van der Waals surface area contributed by atoms with Crippen molar-refractivity contribution in [2.24, 2.45) is 0 Å². The van der Waals surface area contributed by atoms with Crippen molar-refractivity contribution < 1.29 is 9.59 Å². The first-order valence-electron chi connectivity index (χ1n) is 7.70. The van der Waals surface area contributed by atoms with Gasteiger partial charge in [0.25, 0.3) is 5.91 Å². The highest BCUT2D eigenvalue weighted by atomic mass is 35.5. The van der Waals surface area contributed by atoms with E-state index in [1.54, 1.807) is 42.5 Å². The molecule has 1 amide bonds. The van der Waals surface area contributed by atoms with E-state index in [9.17, 15) is 9.59 Å². The van der Waals surface area contributed by atoms with Crippen LogP contribution in [0.1, 0.15) is 26.3 Å². The molecule has 5 heteroatoms. The Morgan fingerprint density at radius 3 is 2.40 bits per heavy atom. The van der Waals surface area contributed by atoms with Crippen molar-refractivity contribution >= 4 is 34.7 Å². The predicted octanol–water partition coefficient (Wildman–Crippen LogP) is 4.39. The highest BCUT2D eigenvalue weighted by Gasteiger charge is 2.30. The van der Waals surface area contributed by atoms with Crippen molar-refractivity contribution in [1.82, 2.24) is 0 Å². The fraction of sp³-hybridized carbons (Fsp3) is 0. The van der Waals surface area contributed by atoms with Crippen LogP contribution in [0.5, 0.6) is 0 Å². The number of ketones is 1. The van der Waals surface area contributed by atoms with E-state index in [0.29, 0.717) is 38.7 Å². The number of carbonyl (C=O) groups excluding carboxylic acids is 2. The van der Waals surface area contributed by atoms with Gasteiger partial charge in [0.15, 0.2) is 5.78 Å². The zero-order valence-electron chi connectivity index (χ0n) is 13.0. The Morgan fingerprint density at radius 2 is 1.64 bits per heavy atom. The van der Waals surface area contributed by atoms with Crippen molar-refractivity contribution in [3.63, 3.8) is 0 Å². The summed E-state index contributed by atoms with van der Waals surface area (Å²) in [5.41, 5.74) is 9.79. The highest BCUT2D eigenvalue weighted by molar-refractivity contribution is 6.31. The topological polar surface area (TPSA) is 72.2 Å². The number of benzene rings is 3. The average Bonchev–Trinajstić information content (AvgIpc) is 2.91. The summed E-state index contributed by atoms with van der Waals surface area (Å²) in [6.07, 6.45) is 0. The van der Waals surface area contributed by atoms with E-state index in [0.717, 1.165) is 5.56 Å². The first kappa shape index (κ1) is 15.4. The number of anilines is 2. The van der Waals surface area contributed by atoms with Gasteiger partial charge < -0.3 is 11.1 Å². The van der Waals surface area contributed by atoms with Crippen LogP contribution in [0.25, 0.3) is 11.1 Å². The second-order valence-electron chi connectivity index (χ2n) is 5.79. The smallest absolute Gasteiger partial charge is 0.256 e. The molecule has 0 aliphatic heterocycles. The zero-order chi connectivity index (χ0) is 17.6. The maximum atomic E-state index is 12.8. The van der Waals surface area contributed by atoms with Gasteiger partial charge in [0, 0.05) is 27.3 Å². The number of nitrogen functional groups attached to an aromatic ring is 1. The number of nitrogens with two attached hydrogens (primary N) is 1. The largest absolute Gasteiger partial charge is 0.397 e. The molecular formula is C20H13ClN2O2. The molecule has 0 aromatic heterocycles. The van der Waals surface area contributed by atoms with Gasteiger partial charge in [0.2, 0.25) is 0 Å². The second-order valence-corrected chi connectivity index (χ2v) is 6.22. The average molecular weight is 349 g/mol. The molecule has 1 aliphatic carbocycles. The van der Waals surface area contributed by atoms with Crippen molar-refractivity contribution in [2.75, 3.05) is 11.1 Å². The summed E-state index contributed by atoms with van der Waals surface area (Å²) >= 11 is 5.89. The number of hydrogen-bond acceptors (Lipinski definition) is 3. The van der Waals surface area contributed by atoms with Crippen LogP contribution in [0.4, 0.5) is 11.4 Å². The summed E-state index contributed by atoms with van der Waals surface area (Å²) in [5, 5.41) is 3.29. The number of hydrogen-bond donors (Lipinski definition) is 2. The van der Waals surface area contributed by atoms with Crippen LogP contribution in [0.2, 0.25) is 5.02 Å². The predicted molar refractivity (Wildman–Crippen MR) is 99.1 cm³/mol. The molecule has 0 fully saturated rings. The first-order chi connectivity index (χ1) is 12.1. The van der Waals surface area contributed by atoms with Crippen molar-refractivity contribution in [2.45, 2.75) is 0 Å². The fourth-order valence-electron chi connectivity index (χ4n) is 3.10. The lowest BCUT2D eigenvalue weighted by Gasteiger charge is -2.11. The Balaban J connectivity index is 1.79. The lowest BCUT2D eigenvalue weighted by molar-refractivity contribution is 0.102. The first-order valence-corrected chi connectivity index (χ1v) is 8.07. The molecule has 0 bridgehead atoms. The van der Waals surface area contributed by atoms with Gasteiger partial charge in [-0.3, -0.25) is 9.59 Å². The number of halogens is 1. The van der Waals surface area contributed by atoms with E-state index in [4.69, 9.17) is 17.3 Å². The summed E-state index contributed by atoms with van der Waals surface area (Å²) < 4.78 is 0. The molecule has 3 aromatic rings. The molecule has 0 atom stereocenters. The molecule has 0 unspecified atom stereocenters. The minimum Gasteiger partial charge on any atom is -0.397 e. The van der Waals surface area contributed by atoms with Gasteiger partial charge >= 0.3 is 0 Å². The molecule has 0 heterocycles. The standard InChI is InChI=1S/C20H13ClN2O2/c21-11-8-9-17(16(22)10-11)23-20(25)15-7-3-6-14-18(15)12-4-1-2-5-13(12)19(14)24/h1-10H,22H2,(H,23,25). The van der Waals surface area contributed by atoms with E-state index >= 15 is 0 Å². The number of rotatable bonds is 2. The van der Waals surface area contributed by atoms with Crippen LogP contribution >= 0.6 is 11.6 Å². The molecule has 4 nitrogen and oxygen atoms in total. The Bertz CT molecular complexity index is 1040. The van der Waals surface area contributed by atoms with Gasteiger partial charge in [-0.05, 0) is 29.8 Å². The Kier molecular flexibility index (Phi) is 3.55. The SMILES string of the molecule is Nc1cc(Cl)ccc1NC(=O)c1cccc2c1-c1ccccc1C2=O. The van der Waals surface area contributed by atoms with Crippen molar-refractivity contribution in [3.8, 4) is 11.1 Å². The van der Waals surface area contributed by atoms with Gasteiger partial charge in [0.05, 0.1) is 11.4 Å². The normalized spacial score (nSPS) is 11.8. The lowest BCUT2D eigenvalue weighted by atomic mass is 9.99. The van der Waals surface area contributed by atoms with Crippen molar-refractivity contribution in [3.05, 3.63) is 82.4 Å². The molecule has 3 aromatic carbocycles. The molecule has 0 spiro atoms. The van der Waals surface area contributed by atoms with Crippen LogP contribution in [0.3, 0.4) is 0 Å². The van der Waals surface area contributed by atoms with Crippen LogP contribution < -0.4 is 11.1 Å². The summed E-state index contributed by atoms with van der Waals surface area (Å²) in [7, 11) is 0. The maximum Gasteiger partial charge on any atom is 0.256 e. The molecular weight excluding hydrogens is 336 g/mol. The number of fused-ring (bicyclic) bond motifs is 3. The molecule has 0 saturated heterocycles. The Morgan fingerprint density at radius 1 is 0.920 bits per heavy atom. The Hall–Kier alpha value is -3.11. The molecule has 25 heavy (non-hydrogen) atoms. The minimum atomic E-state index is -0.324. The molecule has 1 aliphatic rings. The third-order valence-corrected chi connectivity index (χ3v) is 4.49. The molecule has 122 valence electrons.